The molecule has 3 N–H and O–H groups in total. The summed E-state index contributed by atoms with van der Waals surface area (Å²) in [5.41, 5.74) is -1.83. The largest absolute Gasteiger partial charge is 0.461 e. The Morgan fingerprint density at radius 1 is 1.12 bits per heavy atom. The number of nitrogens with two attached hydrogens (primary N) is 1. The highest BCUT2D eigenvalue weighted by Crippen LogP contribution is 2.52. The fourth-order valence-corrected chi connectivity index (χ4v) is 10.3. The maximum atomic E-state index is 15.8. The number of thiophene rings is 1. The summed E-state index contributed by atoms with van der Waals surface area (Å²) in [5.74, 6) is -1.27. The van der Waals surface area contributed by atoms with Gasteiger partial charge in [0, 0.05) is 74.9 Å². The third kappa shape index (κ3) is 7.41. The van der Waals surface area contributed by atoms with Gasteiger partial charge in [-0.1, -0.05) is 6.07 Å². The van der Waals surface area contributed by atoms with Crippen molar-refractivity contribution in [2.24, 2.45) is 0 Å². The minimum Gasteiger partial charge on any atom is -0.461 e. The number of aliphatic hydroxyl groups excluding tert-OH is 1. The molecule has 59 heavy (non-hydrogen) atoms. The van der Waals surface area contributed by atoms with E-state index in [0.29, 0.717) is 49.6 Å². The van der Waals surface area contributed by atoms with Crippen LogP contribution in [0.15, 0.2) is 18.2 Å². The maximum absolute atomic E-state index is 15.8. The topological polar surface area (TPSA) is 133 Å². The summed E-state index contributed by atoms with van der Waals surface area (Å²) >= 11 is 0.530. The summed E-state index contributed by atoms with van der Waals surface area (Å²) in [6.07, 6.45) is -10.8. The standard InChI is InChI=1S/C39H41F8N7O4S/c1-3-54(20-7-10-52(17-20)36(55)58-22-11-21(12-22)56-2)34-24-13-26(38(42,43)44)29(23-5-6-27(41)32-28(23)25(15-48)33(49)59-32)30(39(45,46)47)31(24)50-35(51-34)57-18-37-8-4-9-53(37)16-19(40)14-37/h5-6,13,19-22,36,55H,3-4,7-12,14,16-18,49H2,1-2H3/t19-,20+,21?,22?,36?,37+/m1/s1. The highest BCUT2D eigenvalue weighted by atomic mass is 32.1. The fourth-order valence-electron chi connectivity index (χ4n) is 9.33. The van der Waals surface area contributed by atoms with E-state index in [0.717, 1.165) is 18.6 Å². The van der Waals surface area contributed by atoms with Gasteiger partial charge >= 0.3 is 18.4 Å². The van der Waals surface area contributed by atoms with Crippen LogP contribution in [0.5, 0.6) is 6.01 Å². The molecule has 4 fully saturated rings. The van der Waals surface area contributed by atoms with Gasteiger partial charge in [0.25, 0.3) is 0 Å². The number of aromatic nitrogens is 2. The zero-order valence-electron chi connectivity index (χ0n) is 32.0. The molecule has 4 aliphatic rings. The van der Waals surface area contributed by atoms with Crippen LogP contribution in [0.25, 0.3) is 32.1 Å². The van der Waals surface area contributed by atoms with Crippen LogP contribution in [0.2, 0.25) is 0 Å². The number of rotatable bonds is 11. The number of halogens is 8. The lowest BCUT2D eigenvalue weighted by Gasteiger charge is -2.37. The van der Waals surface area contributed by atoms with Gasteiger partial charge in [-0.15, -0.1) is 11.3 Å². The fraction of sp³-hybridized carbons (Fsp3) is 0.564. The summed E-state index contributed by atoms with van der Waals surface area (Å²) in [6.45, 7) is 2.69. The monoisotopic (exact) mass is 855 g/mol. The molecule has 11 nitrogen and oxygen atoms in total. The van der Waals surface area contributed by atoms with Crippen molar-refractivity contribution in [3.05, 3.63) is 40.7 Å². The number of alkyl halides is 7. The van der Waals surface area contributed by atoms with E-state index in [4.69, 9.17) is 19.9 Å². The third-order valence-electron chi connectivity index (χ3n) is 12.2. The van der Waals surface area contributed by atoms with Crippen LogP contribution in [0.4, 0.5) is 45.9 Å². The number of nitriles is 1. The van der Waals surface area contributed by atoms with Gasteiger partial charge in [0.15, 0.2) is 0 Å². The Balaban J connectivity index is 1.31. The van der Waals surface area contributed by atoms with Crippen molar-refractivity contribution in [2.45, 2.75) is 94.2 Å². The van der Waals surface area contributed by atoms with E-state index in [9.17, 15) is 14.8 Å². The van der Waals surface area contributed by atoms with Crippen molar-refractivity contribution < 1.29 is 54.4 Å². The number of nitrogen functional groups attached to an aromatic ring is 1. The Morgan fingerprint density at radius 2 is 1.88 bits per heavy atom. The Labute approximate surface area is 337 Å². The zero-order chi connectivity index (χ0) is 42.2. The Bertz CT molecular complexity index is 2300. The minimum atomic E-state index is -5.52. The predicted octanol–water partition coefficient (Wildman–Crippen LogP) is 7.47. The number of hydrogen-bond acceptors (Lipinski definition) is 12. The van der Waals surface area contributed by atoms with E-state index in [2.05, 4.69) is 9.97 Å². The van der Waals surface area contributed by atoms with Gasteiger partial charge in [-0.25, -0.2) is 8.78 Å². The molecular formula is C39H41F8N7O4S. The number of anilines is 2. The molecule has 5 heterocycles. The molecule has 8 rings (SSSR count). The zero-order valence-corrected chi connectivity index (χ0v) is 32.8. The molecular weight excluding hydrogens is 815 g/mol. The molecule has 0 spiro atoms. The summed E-state index contributed by atoms with van der Waals surface area (Å²) in [6, 6.07) is 2.63. The number of nitrogens with zero attached hydrogens (tertiary/aromatic N) is 6. The first-order chi connectivity index (χ1) is 28.0. The summed E-state index contributed by atoms with van der Waals surface area (Å²) < 4.78 is 140. The molecule has 0 bridgehead atoms. The molecule has 4 atom stereocenters. The second-order valence-electron chi connectivity index (χ2n) is 15.6. The van der Waals surface area contributed by atoms with Crippen LogP contribution in [-0.4, -0.2) is 108 Å². The smallest absolute Gasteiger partial charge is 0.419 e. The number of likely N-dealkylation sites (N-methyl/N-ethyl adjacent to an activating group) is 1. The number of methoxy groups -OCH3 is 1. The number of fused-ring (bicyclic) bond motifs is 3. The molecule has 20 heteroatoms. The van der Waals surface area contributed by atoms with Crippen LogP contribution in [0.3, 0.4) is 0 Å². The van der Waals surface area contributed by atoms with Crippen molar-refractivity contribution in [3.63, 3.8) is 0 Å². The molecule has 318 valence electrons. The van der Waals surface area contributed by atoms with Crippen molar-refractivity contribution >= 4 is 43.1 Å². The molecule has 3 aliphatic heterocycles. The van der Waals surface area contributed by atoms with Crippen molar-refractivity contribution in [1.82, 2.24) is 19.8 Å². The highest BCUT2D eigenvalue weighted by molar-refractivity contribution is 7.23. The predicted molar refractivity (Wildman–Crippen MR) is 202 cm³/mol. The lowest BCUT2D eigenvalue weighted by molar-refractivity contribution is -0.240. The Hall–Kier alpha value is -4.13. The average Bonchev–Trinajstić information content (AvgIpc) is 3.93. The van der Waals surface area contributed by atoms with Gasteiger partial charge in [-0.05, 0) is 50.4 Å². The lowest BCUT2D eigenvalue weighted by Crippen LogP contribution is -2.46. The normalized spacial score (nSPS) is 25.7. The van der Waals surface area contributed by atoms with Crippen LogP contribution in [-0.2, 0) is 21.8 Å². The van der Waals surface area contributed by atoms with E-state index < -0.39 is 97.2 Å². The molecule has 2 aromatic carbocycles. The second-order valence-corrected chi connectivity index (χ2v) is 16.7. The molecule has 0 amide bonds. The molecule has 2 aromatic heterocycles. The third-order valence-corrected chi connectivity index (χ3v) is 13.3. The summed E-state index contributed by atoms with van der Waals surface area (Å²) in [5, 5.41) is 19.5. The number of hydrogen-bond donors (Lipinski definition) is 2. The lowest BCUT2D eigenvalue weighted by atomic mass is 9.88. The van der Waals surface area contributed by atoms with Crippen LogP contribution in [0.1, 0.15) is 62.1 Å². The number of benzene rings is 2. The SMILES string of the molecule is CCN(c1nc(OC[C@@]23CCCN2C[C@H](F)C3)nc2c(C(F)(F)F)c(-c3ccc(F)c4sc(N)c(C#N)c34)c(C(F)(F)F)cc12)[C@H]1CCN(C(O)OC2CC(OC)C2)C1. The molecule has 1 unspecified atom stereocenters. The van der Waals surface area contributed by atoms with Gasteiger partial charge in [0.2, 0.25) is 6.41 Å². The quantitative estimate of drug-likeness (QED) is 0.115. The Morgan fingerprint density at radius 3 is 2.56 bits per heavy atom. The second kappa shape index (κ2) is 15.4. The highest BCUT2D eigenvalue weighted by Gasteiger charge is 2.50. The maximum Gasteiger partial charge on any atom is 0.419 e. The minimum absolute atomic E-state index is 0.00883. The summed E-state index contributed by atoms with van der Waals surface area (Å²) in [7, 11) is 1.58. The Kier molecular flexibility index (Phi) is 10.9. The van der Waals surface area contributed by atoms with E-state index >= 15 is 30.7 Å². The van der Waals surface area contributed by atoms with E-state index in [1.807, 2.05) is 4.90 Å². The van der Waals surface area contributed by atoms with Crippen molar-refractivity contribution in [3.8, 4) is 23.2 Å². The van der Waals surface area contributed by atoms with Gasteiger partial charge in [-0.2, -0.15) is 41.6 Å². The van der Waals surface area contributed by atoms with Crippen LogP contribution >= 0.6 is 11.3 Å². The van der Waals surface area contributed by atoms with E-state index in [1.54, 1.807) is 29.9 Å². The molecule has 1 saturated carbocycles. The van der Waals surface area contributed by atoms with E-state index in [1.165, 1.54) is 0 Å². The molecule has 3 saturated heterocycles. The first-order valence-corrected chi connectivity index (χ1v) is 20.1. The van der Waals surface area contributed by atoms with Gasteiger partial charge in [0.1, 0.15) is 35.5 Å². The molecule has 4 aromatic rings. The van der Waals surface area contributed by atoms with Gasteiger partial charge < -0.3 is 30.0 Å². The number of aliphatic hydroxyl groups is 1. The number of likely N-dealkylation sites (tertiary alicyclic amines) is 1. The van der Waals surface area contributed by atoms with Gasteiger partial charge in [-0.3, -0.25) is 9.80 Å². The van der Waals surface area contributed by atoms with Crippen molar-refractivity contribution in [2.75, 3.05) is 57.1 Å². The molecule has 0 radical (unpaired) electrons. The first-order valence-electron chi connectivity index (χ1n) is 19.3. The van der Waals surface area contributed by atoms with Crippen LogP contribution in [0, 0.1) is 17.1 Å². The van der Waals surface area contributed by atoms with Gasteiger partial charge in [0.05, 0.1) is 44.7 Å². The summed E-state index contributed by atoms with van der Waals surface area (Å²) in [4.78, 5) is 13.8. The van der Waals surface area contributed by atoms with Crippen molar-refractivity contribution in [1.29, 1.82) is 5.26 Å². The van der Waals surface area contributed by atoms with E-state index in [-0.39, 0.29) is 62.2 Å². The van der Waals surface area contributed by atoms with Crippen LogP contribution < -0.4 is 15.4 Å². The first kappa shape index (κ1) is 41.6. The number of ether oxygens (including phenoxy) is 3. The molecule has 1 aliphatic carbocycles. The average molecular weight is 856 g/mol.